The van der Waals surface area contributed by atoms with Gasteiger partial charge in [0.25, 0.3) is 0 Å². The summed E-state index contributed by atoms with van der Waals surface area (Å²) < 4.78 is 11.3. The van der Waals surface area contributed by atoms with Gasteiger partial charge in [-0.1, -0.05) is 48.5 Å². The summed E-state index contributed by atoms with van der Waals surface area (Å²) >= 11 is 0. The molecule has 2 aliphatic carbocycles. The van der Waals surface area contributed by atoms with Crippen LogP contribution in [0.15, 0.2) is 48.5 Å². The van der Waals surface area contributed by atoms with Gasteiger partial charge in [-0.3, -0.25) is 9.80 Å². The van der Waals surface area contributed by atoms with E-state index in [0.717, 1.165) is 37.5 Å². The van der Waals surface area contributed by atoms with Crippen molar-refractivity contribution >= 4 is 12.1 Å². The van der Waals surface area contributed by atoms with Gasteiger partial charge < -0.3 is 30.7 Å². The summed E-state index contributed by atoms with van der Waals surface area (Å²) in [5.41, 5.74) is 6.28. The van der Waals surface area contributed by atoms with E-state index in [-0.39, 0.29) is 24.1 Å². The molecule has 4 fully saturated rings. The molecule has 6 aliphatic rings. The smallest absolute Gasteiger partial charge is 0.315 e. The zero-order chi connectivity index (χ0) is 36.7. The van der Waals surface area contributed by atoms with Crippen LogP contribution in [0.25, 0.3) is 0 Å². The lowest BCUT2D eigenvalue weighted by molar-refractivity contribution is 0.0509. The van der Waals surface area contributed by atoms with E-state index in [1.54, 1.807) is 22.3 Å². The zero-order valence-corrected chi connectivity index (χ0v) is 32.3. The summed E-state index contributed by atoms with van der Waals surface area (Å²) in [4.78, 5) is 30.4. The summed E-state index contributed by atoms with van der Waals surface area (Å²) in [6.45, 7) is 5.15. The molecule has 4 atom stereocenters. The Morgan fingerprint density at radius 1 is 0.500 bits per heavy atom. The number of fused-ring (bicyclic) bond motifs is 10. The molecule has 8 rings (SSSR count). The maximum Gasteiger partial charge on any atom is 0.315 e. The fourth-order valence-corrected chi connectivity index (χ4v) is 11.0. The lowest BCUT2D eigenvalue weighted by atomic mass is 9.84. The molecule has 10 nitrogen and oxygen atoms in total. The topological polar surface area (TPSA) is 107 Å². The van der Waals surface area contributed by atoms with Crippen LogP contribution in [0.5, 0.6) is 0 Å². The zero-order valence-electron chi connectivity index (χ0n) is 32.3. The molecule has 4 aliphatic heterocycles. The Bertz CT molecular complexity index is 1360. The number of nitrogens with one attached hydrogen (secondary N) is 4. The summed E-state index contributed by atoms with van der Waals surface area (Å²) in [7, 11) is 0. The molecule has 54 heavy (non-hydrogen) atoms. The van der Waals surface area contributed by atoms with E-state index in [1.807, 2.05) is 0 Å². The Morgan fingerprint density at radius 3 is 1.20 bits per heavy atom. The largest absolute Gasteiger partial charge is 0.377 e. The van der Waals surface area contributed by atoms with E-state index in [9.17, 15) is 9.59 Å². The number of benzene rings is 2. The third-order valence-electron chi connectivity index (χ3n) is 13.8. The Labute approximate surface area is 322 Å². The van der Waals surface area contributed by atoms with E-state index < -0.39 is 0 Å². The Balaban J connectivity index is 0.587. The molecular weight excluding hydrogens is 677 g/mol. The van der Waals surface area contributed by atoms with Gasteiger partial charge in [-0.25, -0.2) is 9.59 Å². The maximum absolute atomic E-state index is 12.5. The SMILES string of the molecule is O=C(NCCOCCOCCNC(=O)NC1CCC(CCN2[C@@H]3CC[C@H]2c2ccccc23)CC1)NC1CCC(CCN2[C@@H]3CC[C@H]2c2ccccc23)CC1. The van der Waals surface area contributed by atoms with Crippen LogP contribution >= 0.6 is 0 Å². The second kappa shape index (κ2) is 18.2. The normalized spacial score (nSPS) is 29.9. The van der Waals surface area contributed by atoms with Gasteiger partial charge in [0, 0.05) is 49.3 Å². The van der Waals surface area contributed by atoms with Crippen molar-refractivity contribution in [1.29, 1.82) is 0 Å². The number of carbonyl (C=O) groups is 2. The minimum absolute atomic E-state index is 0.0992. The molecule has 0 unspecified atom stereocenters. The lowest BCUT2D eigenvalue weighted by Crippen LogP contribution is -2.44. The molecule has 2 aromatic carbocycles. The number of urea groups is 2. The van der Waals surface area contributed by atoms with Crippen LogP contribution in [-0.4, -0.2) is 86.6 Å². The lowest BCUT2D eigenvalue weighted by Gasteiger charge is -2.31. The van der Waals surface area contributed by atoms with Crippen LogP contribution in [0.2, 0.25) is 0 Å². The van der Waals surface area contributed by atoms with Gasteiger partial charge in [0.15, 0.2) is 0 Å². The van der Waals surface area contributed by atoms with Crippen molar-refractivity contribution < 1.29 is 19.1 Å². The van der Waals surface area contributed by atoms with Crippen LogP contribution < -0.4 is 21.3 Å². The number of amides is 4. The van der Waals surface area contributed by atoms with Gasteiger partial charge in [0.1, 0.15) is 0 Å². The molecule has 0 spiro atoms. The molecule has 4 bridgehead atoms. The van der Waals surface area contributed by atoms with Crippen molar-refractivity contribution in [2.45, 2.75) is 126 Å². The number of hydrogen-bond acceptors (Lipinski definition) is 6. The van der Waals surface area contributed by atoms with Gasteiger partial charge in [0.2, 0.25) is 0 Å². The number of ether oxygens (including phenoxy) is 2. The monoisotopic (exact) mass is 740 g/mol. The second-order valence-corrected chi connectivity index (χ2v) is 17.0. The molecule has 2 saturated carbocycles. The highest BCUT2D eigenvalue weighted by molar-refractivity contribution is 5.74. The Kier molecular flexibility index (Phi) is 12.7. The maximum atomic E-state index is 12.5. The third kappa shape index (κ3) is 8.93. The van der Waals surface area contributed by atoms with Crippen LogP contribution in [-0.2, 0) is 9.47 Å². The summed E-state index contributed by atoms with van der Waals surface area (Å²) in [6.07, 6.45) is 16.8. The van der Waals surface area contributed by atoms with Crippen molar-refractivity contribution in [3.05, 3.63) is 70.8 Å². The van der Waals surface area contributed by atoms with Crippen LogP contribution in [0, 0.1) is 11.8 Å². The highest BCUT2D eigenvalue weighted by Gasteiger charge is 2.44. The van der Waals surface area contributed by atoms with E-state index in [2.05, 4.69) is 79.6 Å². The quantitative estimate of drug-likeness (QED) is 0.127. The predicted octanol–water partition coefficient (Wildman–Crippen LogP) is 7.30. The van der Waals surface area contributed by atoms with Crippen molar-refractivity contribution in [2.75, 3.05) is 52.6 Å². The first-order chi connectivity index (χ1) is 26.6. The fourth-order valence-electron chi connectivity index (χ4n) is 11.0. The highest BCUT2D eigenvalue weighted by atomic mass is 16.5. The van der Waals surface area contributed by atoms with E-state index in [0.29, 0.717) is 63.7 Å². The molecular formula is C44H64N6O4. The third-order valence-corrected chi connectivity index (χ3v) is 13.8. The molecule has 4 heterocycles. The van der Waals surface area contributed by atoms with Crippen molar-refractivity contribution in [3.63, 3.8) is 0 Å². The summed E-state index contributed by atoms with van der Waals surface area (Å²) in [5.74, 6) is 1.52. The minimum Gasteiger partial charge on any atom is -0.377 e. The minimum atomic E-state index is -0.0992. The predicted molar refractivity (Wildman–Crippen MR) is 211 cm³/mol. The average Bonchev–Trinajstić information content (AvgIpc) is 3.96. The van der Waals surface area contributed by atoms with Crippen molar-refractivity contribution in [2.24, 2.45) is 11.8 Å². The number of carbonyl (C=O) groups excluding carboxylic acids is 2. The van der Waals surface area contributed by atoms with Crippen LogP contribution in [0.3, 0.4) is 0 Å². The first kappa shape index (κ1) is 37.7. The summed E-state index contributed by atoms with van der Waals surface area (Å²) in [6, 6.07) is 21.0. The molecule has 0 aromatic heterocycles. The van der Waals surface area contributed by atoms with E-state index in [4.69, 9.17) is 9.47 Å². The van der Waals surface area contributed by atoms with Gasteiger partial charge in [-0.15, -0.1) is 0 Å². The molecule has 294 valence electrons. The molecule has 2 saturated heterocycles. The van der Waals surface area contributed by atoms with Gasteiger partial charge in [-0.05, 0) is 137 Å². The van der Waals surface area contributed by atoms with Gasteiger partial charge >= 0.3 is 12.1 Å². The van der Waals surface area contributed by atoms with E-state index >= 15 is 0 Å². The second-order valence-electron chi connectivity index (χ2n) is 17.0. The molecule has 10 heteroatoms. The van der Waals surface area contributed by atoms with Gasteiger partial charge in [-0.2, -0.15) is 0 Å². The van der Waals surface area contributed by atoms with E-state index in [1.165, 1.54) is 77.3 Å². The Hall–Kier alpha value is -3.18. The average molecular weight is 741 g/mol. The number of rotatable bonds is 17. The molecule has 4 N–H and O–H groups in total. The first-order valence-corrected chi connectivity index (χ1v) is 21.5. The molecule has 2 aromatic rings. The molecule has 0 radical (unpaired) electrons. The number of hydrogen-bond donors (Lipinski definition) is 4. The fraction of sp³-hybridized carbons (Fsp3) is 0.682. The van der Waals surface area contributed by atoms with Crippen molar-refractivity contribution in [1.82, 2.24) is 31.1 Å². The van der Waals surface area contributed by atoms with Crippen LogP contribution in [0.1, 0.15) is 136 Å². The number of nitrogens with zero attached hydrogens (tertiary/aromatic N) is 2. The standard InChI is InChI=1S/C44H64N6O4/c51-43(47-33-13-9-31(10-14-33)21-25-49-39-17-18-40(49)36-6-2-1-5-35(36)39)45-23-27-53-29-30-54-28-24-46-44(52)48-34-15-11-32(12-16-34)22-26-50-41-19-20-42(50)38-8-4-3-7-37(38)41/h1-8,31-34,39-42H,9-30H2,(H2,45,47,51)(H2,46,48,52)/t31?,32?,33?,34?,39-,40+,41-,42+. The highest BCUT2D eigenvalue weighted by Crippen LogP contribution is 2.54. The van der Waals surface area contributed by atoms with Crippen LogP contribution in [0.4, 0.5) is 9.59 Å². The molecule has 4 amide bonds. The van der Waals surface area contributed by atoms with Gasteiger partial charge in [0.05, 0.1) is 26.4 Å². The first-order valence-electron chi connectivity index (χ1n) is 21.5. The Morgan fingerprint density at radius 2 is 0.852 bits per heavy atom. The summed E-state index contributed by atoms with van der Waals surface area (Å²) in [5, 5.41) is 12.2. The van der Waals surface area contributed by atoms with Crippen molar-refractivity contribution in [3.8, 4) is 0 Å².